The minimum atomic E-state index is 0.489. The second-order valence-corrected chi connectivity index (χ2v) is 15.8. The van der Waals surface area contributed by atoms with Crippen LogP contribution in [0.25, 0.3) is 34.4 Å². The van der Waals surface area contributed by atoms with Crippen LogP contribution in [0.3, 0.4) is 0 Å². The number of hydrogen-bond donors (Lipinski definition) is 0. The number of oxazole rings is 2. The lowest BCUT2D eigenvalue weighted by Crippen LogP contribution is -2.31. The van der Waals surface area contributed by atoms with E-state index >= 15 is 0 Å². The lowest BCUT2D eigenvalue weighted by molar-refractivity contribution is -0.652. The first kappa shape index (κ1) is 37.6. The van der Waals surface area contributed by atoms with Crippen molar-refractivity contribution < 1.29 is 18.0 Å². The fourth-order valence-corrected chi connectivity index (χ4v) is 8.10. The van der Waals surface area contributed by atoms with Crippen LogP contribution in [0.5, 0.6) is 0 Å². The summed E-state index contributed by atoms with van der Waals surface area (Å²) in [6.45, 7) is 1.34. The average molecular weight is 855 g/mol. The van der Waals surface area contributed by atoms with E-state index in [-0.39, 0.29) is 0 Å². The van der Waals surface area contributed by atoms with Crippen LogP contribution in [0.15, 0.2) is 105 Å². The van der Waals surface area contributed by atoms with Gasteiger partial charge < -0.3 is 28.4 Å². The van der Waals surface area contributed by atoms with E-state index in [0.717, 1.165) is 63.0 Å². The summed E-state index contributed by atoms with van der Waals surface area (Å²) in [6.07, 6.45) is 12.7. The number of fused-ring (bicyclic) bond motifs is 4. The van der Waals surface area contributed by atoms with E-state index in [1.807, 2.05) is 122 Å². The van der Waals surface area contributed by atoms with Crippen molar-refractivity contribution in [1.82, 2.24) is 0 Å². The third-order valence-corrected chi connectivity index (χ3v) is 11.9. The van der Waals surface area contributed by atoms with E-state index in [9.17, 15) is 0 Å². The molecule has 55 heavy (non-hydrogen) atoms. The van der Waals surface area contributed by atoms with Crippen molar-refractivity contribution in [2.45, 2.75) is 6.42 Å². The summed E-state index contributed by atoms with van der Waals surface area (Å²) >= 11 is 38.7. The number of nitrogens with zero attached hydrogens (tertiary/aromatic N) is 6. The van der Waals surface area contributed by atoms with E-state index in [1.165, 1.54) is 0 Å². The second kappa shape index (κ2) is 15.0. The van der Waals surface area contributed by atoms with Crippen molar-refractivity contribution in [3.05, 3.63) is 139 Å². The van der Waals surface area contributed by atoms with Crippen molar-refractivity contribution in [3.8, 4) is 0 Å². The molecule has 0 aliphatic carbocycles. The highest BCUT2D eigenvalue weighted by molar-refractivity contribution is 6.43. The van der Waals surface area contributed by atoms with E-state index in [4.69, 9.17) is 78.4 Å². The monoisotopic (exact) mass is 852 g/mol. The fraction of sp³-hybridized carbons (Fsp3) is 0.171. The van der Waals surface area contributed by atoms with Crippen LogP contribution in [-0.4, -0.2) is 27.2 Å². The zero-order valence-electron chi connectivity index (χ0n) is 30.1. The molecule has 2 aromatic heterocycles. The molecular formula is C41H34Cl6N6O2+2. The van der Waals surface area contributed by atoms with E-state index in [1.54, 1.807) is 0 Å². The Morgan fingerprint density at radius 3 is 1.33 bits per heavy atom. The molecule has 0 fully saturated rings. The molecule has 280 valence electrons. The summed E-state index contributed by atoms with van der Waals surface area (Å²) in [7, 11) is 7.94. The summed E-state index contributed by atoms with van der Waals surface area (Å²) in [5, 5.41) is 3.26. The molecule has 0 unspecified atom stereocenters. The third kappa shape index (κ3) is 6.94. The van der Waals surface area contributed by atoms with Gasteiger partial charge in [0.1, 0.15) is 25.7 Å². The summed E-state index contributed by atoms with van der Waals surface area (Å²) in [5.41, 5.74) is 7.17. The van der Waals surface area contributed by atoms with Gasteiger partial charge in [0, 0.05) is 49.4 Å². The smallest absolute Gasteiger partial charge is 0.373 e. The Hall–Kier alpha value is -4.28. The van der Waals surface area contributed by atoms with Crippen LogP contribution < -0.4 is 28.7 Å². The number of aromatic nitrogens is 2. The molecule has 0 saturated heterocycles. The first-order chi connectivity index (χ1) is 26.4. The number of hydrogen-bond acceptors (Lipinski definition) is 6. The van der Waals surface area contributed by atoms with Crippen LogP contribution in [0.4, 0.5) is 22.7 Å². The Balaban J connectivity index is 1.08. The summed E-state index contributed by atoms with van der Waals surface area (Å²) < 4.78 is 16.2. The summed E-state index contributed by atoms with van der Waals surface area (Å²) in [6, 6.07) is 18.8. The normalized spacial score (nSPS) is 15.8. The highest BCUT2D eigenvalue weighted by atomic mass is 35.5. The molecule has 14 heteroatoms. The number of aryl methyl sites for hydroxylation is 2. The molecule has 0 spiro atoms. The lowest BCUT2D eigenvalue weighted by Gasteiger charge is -2.26. The van der Waals surface area contributed by atoms with Gasteiger partial charge in [-0.1, -0.05) is 69.6 Å². The van der Waals surface area contributed by atoms with Crippen LogP contribution in [-0.2, 0) is 14.1 Å². The topological polar surface area (TPSA) is 47.0 Å². The fourth-order valence-electron chi connectivity index (χ4n) is 7.14. The highest BCUT2D eigenvalue weighted by Gasteiger charge is 2.32. The van der Waals surface area contributed by atoms with Gasteiger partial charge in [-0.25, -0.2) is 0 Å². The van der Waals surface area contributed by atoms with Crippen molar-refractivity contribution in [3.63, 3.8) is 0 Å². The molecule has 4 heterocycles. The molecule has 8 rings (SSSR count). The largest absolute Gasteiger partial charge is 0.398 e. The molecule has 0 bridgehead atoms. The number of rotatable bonds is 8. The Morgan fingerprint density at radius 1 is 0.545 bits per heavy atom. The molecule has 6 aromatic rings. The van der Waals surface area contributed by atoms with Crippen molar-refractivity contribution in [1.29, 1.82) is 0 Å². The van der Waals surface area contributed by atoms with Crippen molar-refractivity contribution >= 4 is 127 Å². The zero-order chi connectivity index (χ0) is 38.7. The summed E-state index contributed by atoms with van der Waals surface area (Å²) in [5.74, 6) is 3.29. The number of allylic oxidation sites excluding steroid dienone is 4. The minimum absolute atomic E-state index is 0.489. The number of benzene rings is 4. The van der Waals surface area contributed by atoms with Gasteiger partial charge in [0.25, 0.3) is 11.0 Å². The summed E-state index contributed by atoms with van der Waals surface area (Å²) in [4.78, 5) is 8.74. The lowest BCUT2D eigenvalue weighted by atomic mass is 10.2. The first-order valence-electron chi connectivity index (χ1n) is 17.3. The van der Waals surface area contributed by atoms with Gasteiger partial charge in [0.2, 0.25) is 11.2 Å². The molecule has 2 aliphatic rings. The standard InChI is InChI=1S/C41H34Cl6N6O2/c1-48-30-20-26(44)28(46)22-32(30)52(38(48)8-5-10-40-50(3)34-18-24(42)12-14-36(34)54-40)16-7-17-53-33-23-29(47)27(45)21-31(33)49(2)39(53)9-6-11-41-51(4)35-19-25(43)13-15-37(35)55-41/h5-6,8-15,18-23H,7,16-17H2,1-4H3/q+2. The van der Waals surface area contributed by atoms with Gasteiger partial charge in [0.15, 0.2) is 0 Å². The predicted octanol–water partition coefficient (Wildman–Crippen LogP) is 11.5. The molecule has 0 N–H and O–H groups in total. The van der Waals surface area contributed by atoms with E-state index in [2.05, 4.69) is 31.8 Å². The molecular weight excluding hydrogens is 821 g/mol. The van der Waals surface area contributed by atoms with Gasteiger partial charge in [-0.2, -0.15) is 9.13 Å². The maximum Gasteiger partial charge on any atom is 0.373 e. The number of anilines is 4. The quantitative estimate of drug-likeness (QED) is 0.142. The Bertz CT molecular complexity index is 2460. The molecule has 0 atom stereocenters. The zero-order valence-corrected chi connectivity index (χ0v) is 34.7. The molecule has 2 aliphatic heterocycles. The van der Waals surface area contributed by atoms with E-state index < -0.39 is 0 Å². The van der Waals surface area contributed by atoms with E-state index in [0.29, 0.717) is 55.0 Å². The van der Waals surface area contributed by atoms with Gasteiger partial charge in [0.05, 0.1) is 55.0 Å². The van der Waals surface area contributed by atoms with Crippen LogP contribution >= 0.6 is 69.6 Å². The molecule has 8 nitrogen and oxygen atoms in total. The number of halogens is 6. The maximum atomic E-state index is 6.59. The van der Waals surface area contributed by atoms with Gasteiger partial charge >= 0.3 is 11.8 Å². The second-order valence-electron chi connectivity index (χ2n) is 13.3. The van der Waals surface area contributed by atoms with Crippen molar-refractivity contribution in [2.75, 3.05) is 46.8 Å². The van der Waals surface area contributed by atoms with Crippen LogP contribution in [0, 0.1) is 0 Å². The van der Waals surface area contributed by atoms with Gasteiger partial charge in [-0.05, 0) is 79.3 Å². The van der Waals surface area contributed by atoms with Gasteiger partial charge in [-0.15, -0.1) is 0 Å². The SMILES string of the molecule is CN1C(=CC=Cc2oc3ccc(Cl)cc3[n+]2C)N(CCCN2C(=CC=Cc3oc4ccc(Cl)cc4[n+]3C)N(C)c3cc(Cl)c(Cl)cc32)c2cc(Cl)c(Cl)cc21. The van der Waals surface area contributed by atoms with Crippen LogP contribution in [0.2, 0.25) is 30.1 Å². The molecule has 0 amide bonds. The molecule has 4 aromatic carbocycles. The van der Waals surface area contributed by atoms with Crippen molar-refractivity contribution in [2.24, 2.45) is 14.1 Å². The Kier molecular flexibility index (Phi) is 10.3. The average Bonchev–Trinajstić information content (AvgIpc) is 3.80. The Morgan fingerprint density at radius 2 is 0.927 bits per heavy atom. The molecule has 0 saturated carbocycles. The van der Waals surface area contributed by atoms with Crippen LogP contribution in [0.1, 0.15) is 18.2 Å². The highest BCUT2D eigenvalue weighted by Crippen LogP contribution is 2.47. The first-order valence-corrected chi connectivity index (χ1v) is 19.6. The third-order valence-electron chi connectivity index (χ3n) is 9.97. The van der Waals surface area contributed by atoms with Gasteiger partial charge in [-0.3, -0.25) is 0 Å². The predicted molar refractivity (Wildman–Crippen MR) is 228 cm³/mol. The maximum absolute atomic E-state index is 6.59. The molecule has 0 radical (unpaired) electrons. The Labute approximate surface area is 348 Å². The minimum Gasteiger partial charge on any atom is -0.398 e.